The molecule has 0 aliphatic rings. The van der Waals surface area contributed by atoms with Crippen LogP contribution < -0.4 is 0 Å². The molecule has 6 rings (SSSR count). The fraction of sp³-hybridized carbons (Fsp3) is 0.0556. The van der Waals surface area contributed by atoms with E-state index in [-0.39, 0.29) is 17.6 Å². The lowest BCUT2D eigenvalue weighted by atomic mass is 9.91. The Labute approximate surface area is 290 Å². The highest BCUT2D eigenvalue weighted by molar-refractivity contribution is 6.31. The van der Waals surface area contributed by atoms with Crippen LogP contribution in [0.5, 0.6) is 0 Å². The van der Waals surface area contributed by atoms with Gasteiger partial charge in [-0.15, -0.1) is 0 Å². The fourth-order valence-electron chi connectivity index (χ4n) is 4.68. The zero-order valence-corrected chi connectivity index (χ0v) is 26.9. The van der Waals surface area contributed by atoms with Crippen molar-refractivity contribution in [3.63, 3.8) is 0 Å². The number of carbonyl (C=O) groups excluding carboxylic acids is 3. The number of rotatable bonds is 9. The number of hydrogen-bond donors (Lipinski definition) is 3. The lowest BCUT2D eigenvalue weighted by Crippen LogP contribution is -2.17. The van der Waals surface area contributed by atoms with Gasteiger partial charge in [0.1, 0.15) is 23.3 Å². The first-order valence-electron chi connectivity index (χ1n) is 14.3. The number of ether oxygens (including phenoxy) is 1. The summed E-state index contributed by atoms with van der Waals surface area (Å²) in [6.07, 6.45) is 4.62. The van der Waals surface area contributed by atoms with Crippen molar-refractivity contribution >= 4 is 69.0 Å². The molecule has 0 saturated heterocycles. The van der Waals surface area contributed by atoms with Gasteiger partial charge in [0, 0.05) is 68.9 Å². The second-order valence-electron chi connectivity index (χ2n) is 10.3. The van der Waals surface area contributed by atoms with Gasteiger partial charge >= 0.3 is 5.97 Å². The van der Waals surface area contributed by atoms with E-state index in [1.807, 2.05) is 30.5 Å². The first-order chi connectivity index (χ1) is 23.9. The molecule has 4 aromatic carbocycles. The number of carboxylic acids is 1. The van der Waals surface area contributed by atoms with Gasteiger partial charge in [0.15, 0.2) is 11.6 Å². The summed E-state index contributed by atoms with van der Waals surface area (Å²) in [5.41, 5.74) is 1.55. The van der Waals surface area contributed by atoms with Crippen molar-refractivity contribution in [1.82, 2.24) is 9.97 Å². The third kappa shape index (κ3) is 9.68. The number of aliphatic carboxylic acids is 1. The quantitative estimate of drug-likeness (QED) is 0.0448. The average molecular weight is 727 g/mol. The molecule has 50 heavy (non-hydrogen) atoms. The number of aromatic nitrogens is 2. The Hall–Kier alpha value is -5.72. The van der Waals surface area contributed by atoms with Crippen LogP contribution in [-0.4, -0.2) is 39.1 Å². The third-order valence-corrected chi connectivity index (χ3v) is 7.51. The first kappa shape index (κ1) is 37.1. The van der Waals surface area contributed by atoms with E-state index in [0.29, 0.717) is 33.6 Å². The Morgan fingerprint density at radius 3 is 2.02 bits per heavy atom. The highest BCUT2D eigenvalue weighted by atomic mass is 35.5. The van der Waals surface area contributed by atoms with Crippen LogP contribution in [0.3, 0.4) is 0 Å². The number of benzene rings is 4. The molecule has 0 spiro atoms. The van der Waals surface area contributed by atoms with E-state index in [9.17, 15) is 41.8 Å². The maximum atomic E-state index is 13.8. The average Bonchev–Trinajstić information content (AvgIpc) is 3.70. The van der Waals surface area contributed by atoms with E-state index in [4.69, 9.17) is 23.2 Å². The number of nitrogens with one attached hydrogen (secondary N) is 2. The van der Waals surface area contributed by atoms with Gasteiger partial charge in [-0.05, 0) is 72.3 Å². The van der Waals surface area contributed by atoms with Crippen molar-refractivity contribution in [2.24, 2.45) is 0 Å². The van der Waals surface area contributed by atoms with Crippen molar-refractivity contribution in [2.75, 3.05) is 0 Å². The van der Waals surface area contributed by atoms with E-state index in [0.717, 1.165) is 52.5 Å². The summed E-state index contributed by atoms with van der Waals surface area (Å²) in [4.78, 5) is 51.0. The number of aromatic amines is 2. The SMILES string of the molecule is Clc1ccc2[nH]ccc2c1.O=C(CC(C(=O)O)c1c[nH]c2ccc(Cl)cc12)c1ccc(F)cc1F.O=CO/C=C/C(=O)c1ccc(F)cc1F. The number of hydrogen-bond acceptors (Lipinski definition) is 5. The van der Waals surface area contributed by atoms with Gasteiger partial charge in [0.25, 0.3) is 6.47 Å². The molecule has 3 N–H and O–H groups in total. The Morgan fingerprint density at radius 2 is 1.40 bits per heavy atom. The molecule has 6 aromatic rings. The summed E-state index contributed by atoms with van der Waals surface area (Å²) in [6.45, 7) is 0.116. The second kappa shape index (κ2) is 17.1. The Morgan fingerprint density at radius 1 is 0.780 bits per heavy atom. The number of fused-ring (bicyclic) bond motifs is 2. The number of carboxylic acid groups (broad SMARTS) is 1. The largest absolute Gasteiger partial charge is 0.481 e. The van der Waals surface area contributed by atoms with Gasteiger partial charge in [0.2, 0.25) is 0 Å². The molecular formula is C36H24Cl2F4N2O6. The number of allylic oxidation sites excluding steroid dienone is 1. The Balaban J connectivity index is 0.000000189. The highest BCUT2D eigenvalue weighted by Crippen LogP contribution is 2.31. The molecule has 0 amide bonds. The third-order valence-electron chi connectivity index (χ3n) is 7.04. The molecule has 256 valence electrons. The normalized spacial score (nSPS) is 11.3. The topological polar surface area (TPSA) is 129 Å². The van der Waals surface area contributed by atoms with Crippen LogP contribution in [-0.2, 0) is 14.3 Å². The van der Waals surface area contributed by atoms with Gasteiger partial charge < -0.3 is 19.8 Å². The van der Waals surface area contributed by atoms with Crippen molar-refractivity contribution in [3.05, 3.63) is 154 Å². The number of carbonyl (C=O) groups is 4. The zero-order chi connectivity index (χ0) is 36.4. The van der Waals surface area contributed by atoms with Crippen LogP contribution in [0, 0.1) is 23.3 Å². The van der Waals surface area contributed by atoms with Gasteiger partial charge in [0.05, 0.1) is 23.3 Å². The lowest BCUT2D eigenvalue weighted by molar-refractivity contribution is -0.138. The molecule has 1 unspecified atom stereocenters. The van der Waals surface area contributed by atoms with Gasteiger partial charge in [-0.1, -0.05) is 23.2 Å². The molecule has 0 aliphatic carbocycles. The Bertz CT molecular complexity index is 2220. The number of halogens is 6. The summed E-state index contributed by atoms with van der Waals surface area (Å²) in [6, 6.07) is 17.9. The van der Waals surface area contributed by atoms with Crippen LogP contribution in [0.15, 0.2) is 104 Å². The molecule has 0 radical (unpaired) electrons. The predicted octanol–water partition coefficient (Wildman–Crippen LogP) is 9.20. The van der Waals surface area contributed by atoms with Crippen LogP contribution in [0.4, 0.5) is 17.6 Å². The van der Waals surface area contributed by atoms with Gasteiger partial charge in [-0.25, -0.2) is 17.6 Å². The maximum absolute atomic E-state index is 13.8. The number of Topliss-reactive ketones (excluding diaryl/α,β-unsaturated/α-hetero) is 1. The monoisotopic (exact) mass is 726 g/mol. The minimum absolute atomic E-state index is 0.116. The molecular weight excluding hydrogens is 703 g/mol. The molecule has 0 aliphatic heterocycles. The van der Waals surface area contributed by atoms with Crippen LogP contribution in [0.25, 0.3) is 21.8 Å². The molecule has 14 heteroatoms. The van der Waals surface area contributed by atoms with Crippen molar-refractivity contribution < 1.29 is 46.6 Å². The zero-order valence-electron chi connectivity index (χ0n) is 25.4. The van der Waals surface area contributed by atoms with E-state index in [1.165, 1.54) is 6.20 Å². The summed E-state index contributed by atoms with van der Waals surface area (Å²) >= 11 is 11.7. The molecule has 8 nitrogen and oxygen atoms in total. The standard InChI is InChI=1S/C18H12ClF2NO3.C10H6F2O3.C8H6ClN/c19-9-1-4-16-12(5-9)14(8-22-16)13(18(24)25)7-17(23)11-3-2-10(20)6-15(11)21;11-7-1-2-8(9(12)5-7)10(14)3-4-15-6-13;9-7-1-2-8-6(5-7)3-4-10-8/h1-6,8,13,22H,7H2,(H,24,25);1-6H;1-5,10H/b;4-3+;. The molecule has 2 heterocycles. The summed E-state index contributed by atoms with van der Waals surface area (Å²) in [5.74, 6) is -7.41. The highest BCUT2D eigenvalue weighted by Gasteiger charge is 2.27. The summed E-state index contributed by atoms with van der Waals surface area (Å²) < 4.78 is 56.3. The smallest absolute Gasteiger partial charge is 0.311 e. The van der Waals surface area contributed by atoms with Crippen molar-refractivity contribution in [2.45, 2.75) is 12.3 Å². The molecule has 1 atom stereocenters. The van der Waals surface area contributed by atoms with Crippen molar-refractivity contribution in [3.8, 4) is 0 Å². The predicted molar refractivity (Wildman–Crippen MR) is 179 cm³/mol. The molecule has 2 aromatic heterocycles. The van der Waals surface area contributed by atoms with Gasteiger partial charge in [-0.3, -0.25) is 19.2 Å². The van der Waals surface area contributed by atoms with E-state index >= 15 is 0 Å². The fourth-order valence-corrected chi connectivity index (χ4v) is 5.03. The summed E-state index contributed by atoms with van der Waals surface area (Å²) in [7, 11) is 0. The minimum atomic E-state index is -1.23. The van der Waals surface area contributed by atoms with E-state index < -0.39 is 53.1 Å². The second-order valence-corrected chi connectivity index (χ2v) is 11.2. The van der Waals surface area contributed by atoms with Crippen molar-refractivity contribution in [1.29, 1.82) is 0 Å². The van der Waals surface area contributed by atoms with E-state index in [2.05, 4.69) is 14.7 Å². The molecule has 0 bridgehead atoms. The lowest BCUT2D eigenvalue weighted by Gasteiger charge is -2.12. The Kier molecular flexibility index (Phi) is 12.7. The van der Waals surface area contributed by atoms with Crippen LogP contribution in [0.2, 0.25) is 10.0 Å². The van der Waals surface area contributed by atoms with Crippen LogP contribution >= 0.6 is 23.2 Å². The number of ketones is 2. The first-order valence-corrected chi connectivity index (χ1v) is 15.1. The molecule has 0 saturated carbocycles. The molecule has 0 fully saturated rings. The maximum Gasteiger partial charge on any atom is 0.311 e. The van der Waals surface area contributed by atoms with Crippen LogP contribution in [0.1, 0.15) is 38.6 Å². The van der Waals surface area contributed by atoms with E-state index in [1.54, 1.807) is 18.2 Å². The summed E-state index contributed by atoms with van der Waals surface area (Å²) in [5, 5.41) is 12.5. The minimum Gasteiger partial charge on any atom is -0.481 e. The number of H-pyrrole nitrogens is 2. The van der Waals surface area contributed by atoms with Gasteiger partial charge in [-0.2, -0.15) is 0 Å².